The molecule has 0 unspecified atom stereocenters. The lowest BCUT2D eigenvalue weighted by Gasteiger charge is -2.19. The summed E-state index contributed by atoms with van der Waals surface area (Å²) in [6.07, 6.45) is 1.69. The highest BCUT2D eigenvalue weighted by Gasteiger charge is 2.11. The summed E-state index contributed by atoms with van der Waals surface area (Å²) < 4.78 is 0. The molecule has 1 N–H and O–H groups in total. The number of carbonyl (C=O) groups is 1. The fraction of sp³-hybridized carbons (Fsp3) is 0.100. The molecular weight excluding hydrogens is 334 g/mol. The maximum Gasteiger partial charge on any atom is 0.274 e. The molecule has 0 bridgehead atoms. The zero-order valence-corrected chi connectivity index (χ0v) is 14.8. The van der Waals surface area contributed by atoms with Crippen LogP contribution in [0, 0.1) is 6.92 Å². The fourth-order valence-electron chi connectivity index (χ4n) is 2.43. The number of hydrogen-bond acceptors (Lipinski definition) is 3. The van der Waals surface area contributed by atoms with E-state index >= 15 is 0 Å². The van der Waals surface area contributed by atoms with E-state index in [-0.39, 0.29) is 5.91 Å². The lowest BCUT2D eigenvalue weighted by Crippen LogP contribution is -2.15. The number of rotatable bonds is 4. The molecule has 1 amide bonds. The number of halogens is 1. The summed E-state index contributed by atoms with van der Waals surface area (Å²) in [6.45, 7) is 1.91. The quantitative estimate of drug-likeness (QED) is 0.714. The van der Waals surface area contributed by atoms with Gasteiger partial charge < -0.3 is 10.2 Å². The molecular formula is C20H18ClN3O. The van der Waals surface area contributed by atoms with Gasteiger partial charge in [-0.1, -0.05) is 35.9 Å². The molecule has 0 aliphatic heterocycles. The van der Waals surface area contributed by atoms with Crippen molar-refractivity contribution in [2.24, 2.45) is 0 Å². The van der Waals surface area contributed by atoms with Crippen LogP contribution in [-0.2, 0) is 0 Å². The van der Waals surface area contributed by atoms with Gasteiger partial charge in [0.25, 0.3) is 5.91 Å². The van der Waals surface area contributed by atoms with Crippen molar-refractivity contribution in [2.45, 2.75) is 6.92 Å². The first-order valence-electron chi connectivity index (χ1n) is 7.87. The smallest absolute Gasteiger partial charge is 0.274 e. The van der Waals surface area contributed by atoms with E-state index in [4.69, 9.17) is 11.6 Å². The van der Waals surface area contributed by atoms with Crippen LogP contribution in [0.1, 0.15) is 16.1 Å². The molecule has 5 heteroatoms. The monoisotopic (exact) mass is 351 g/mol. The number of amides is 1. The van der Waals surface area contributed by atoms with Crippen molar-refractivity contribution in [2.75, 3.05) is 17.3 Å². The Labute approximate surface area is 152 Å². The van der Waals surface area contributed by atoms with Crippen LogP contribution in [0.2, 0.25) is 5.02 Å². The summed E-state index contributed by atoms with van der Waals surface area (Å²) in [6, 6.07) is 18.9. The maximum absolute atomic E-state index is 12.4. The highest BCUT2D eigenvalue weighted by atomic mass is 35.5. The minimum Gasteiger partial charge on any atom is -0.343 e. The second-order valence-corrected chi connectivity index (χ2v) is 6.15. The average molecular weight is 352 g/mol. The third kappa shape index (κ3) is 3.98. The van der Waals surface area contributed by atoms with Crippen molar-refractivity contribution in [3.63, 3.8) is 0 Å². The summed E-state index contributed by atoms with van der Waals surface area (Å²) in [7, 11) is 1.96. The van der Waals surface area contributed by atoms with E-state index < -0.39 is 0 Å². The molecule has 2 aromatic carbocycles. The fourth-order valence-corrected chi connectivity index (χ4v) is 2.61. The molecule has 0 aliphatic carbocycles. The van der Waals surface area contributed by atoms with Gasteiger partial charge in [0, 0.05) is 23.4 Å². The molecule has 1 aromatic heterocycles. The predicted octanol–water partition coefficient (Wildman–Crippen LogP) is 5.06. The normalized spacial score (nSPS) is 10.4. The third-order valence-corrected chi connectivity index (χ3v) is 4.19. The summed E-state index contributed by atoms with van der Waals surface area (Å²) in [5.74, 6) is -0.265. The van der Waals surface area contributed by atoms with Gasteiger partial charge in [-0.3, -0.25) is 4.79 Å². The number of carbonyl (C=O) groups excluding carboxylic acids is 1. The van der Waals surface area contributed by atoms with Gasteiger partial charge in [-0.25, -0.2) is 4.98 Å². The van der Waals surface area contributed by atoms with Crippen molar-refractivity contribution < 1.29 is 4.79 Å². The SMILES string of the molecule is Cc1ccc(Cl)cc1NC(=O)c1ccc(N(C)c2ccccc2)cn1. The first-order valence-corrected chi connectivity index (χ1v) is 8.25. The van der Waals surface area contributed by atoms with Crippen molar-refractivity contribution in [3.05, 3.63) is 83.1 Å². The van der Waals surface area contributed by atoms with Crippen molar-refractivity contribution in [1.82, 2.24) is 4.98 Å². The number of aryl methyl sites for hydroxylation is 1. The zero-order valence-electron chi connectivity index (χ0n) is 14.0. The molecule has 0 spiro atoms. The number of nitrogens with zero attached hydrogens (tertiary/aromatic N) is 2. The number of nitrogens with one attached hydrogen (secondary N) is 1. The van der Waals surface area contributed by atoms with E-state index in [1.807, 2.05) is 61.3 Å². The molecule has 0 radical (unpaired) electrons. The van der Waals surface area contributed by atoms with Gasteiger partial charge in [-0.15, -0.1) is 0 Å². The molecule has 0 saturated heterocycles. The summed E-state index contributed by atoms with van der Waals surface area (Å²) in [4.78, 5) is 18.7. The zero-order chi connectivity index (χ0) is 17.8. The van der Waals surface area contributed by atoms with Crippen molar-refractivity contribution in [1.29, 1.82) is 0 Å². The summed E-state index contributed by atoms with van der Waals surface area (Å²) in [5, 5.41) is 3.43. The molecule has 0 aliphatic rings. The molecule has 126 valence electrons. The highest BCUT2D eigenvalue weighted by Crippen LogP contribution is 2.23. The lowest BCUT2D eigenvalue weighted by molar-refractivity contribution is 0.102. The molecule has 0 atom stereocenters. The van der Waals surface area contributed by atoms with Gasteiger partial charge in [-0.05, 0) is 48.9 Å². The Hall–Kier alpha value is -2.85. The minimum atomic E-state index is -0.265. The molecule has 4 nitrogen and oxygen atoms in total. The molecule has 3 aromatic rings. The lowest BCUT2D eigenvalue weighted by atomic mass is 10.2. The van der Waals surface area contributed by atoms with E-state index in [0.717, 1.165) is 16.9 Å². The number of para-hydroxylation sites is 1. The van der Waals surface area contributed by atoms with Gasteiger partial charge in [0.15, 0.2) is 0 Å². The van der Waals surface area contributed by atoms with E-state index in [1.165, 1.54) is 0 Å². The van der Waals surface area contributed by atoms with E-state index in [0.29, 0.717) is 16.4 Å². The highest BCUT2D eigenvalue weighted by molar-refractivity contribution is 6.31. The minimum absolute atomic E-state index is 0.265. The van der Waals surface area contributed by atoms with Crippen LogP contribution in [0.4, 0.5) is 17.1 Å². The van der Waals surface area contributed by atoms with Gasteiger partial charge in [0.1, 0.15) is 5.69 Å². The molecule has 0 saturated carbocycles. The van der Waals surface area contributed by atoms with Crippen LogP contribution >= 0.6 is 11.6 Å². The van der Waals surface area contributed by atoms with Crippen LogP contribution < -0.4 is 10.2 Å². The Kier molecular flexibility index (Phi) is 5.00. The second kappa shape index (κ2) is 7.36. The predicted molar refractivity (Wildman–Crippen MR) is 103 cm³/mol. The van der Waals surface area contributed by atoms with Crippen molar-refractivity contribution >= 4 is 34.6 Å². The van der Waals surface area contributed by atoms with E-state index in [1.54, 1.807) is 24.4 Å². The average Bonchev–Trinajstić information content (AvgIpc) is 2.65. The van der Waals surface area contributed by atoms with Crippen LogP contribution in [0.25, 0.3) is 0 Å². The van der Waals surface area contributed by atoms with Gasteiger partial charge in [-0.2, -0.15) is 0 Å². The summed E-state index contributed by atoms with van der Waals surface area (Å²) >= 11 is 5.99. The number of pyridine rings is 1. The first-order chi connectivity index (χ1) is 12.0. The van der Waals surface area contributed by atoms with Crippen molar-refractivity contribution in [3.8, 4) is 0 Å². The molecule has 3 rings (SSSR count). The third-order valence-electron chi connectivity index (χ3n) is 3.96. The van der Waals surface area contributed by atoms with E-state index in [2.05, 4.69) is 10.3 Å². The number of anilines is 3. The van der Waals surface area contributed by atoms with Crippen LogP contribution in [-0.4, -0.2) is 17.9 Å². The topological polar surface area (TPSA) is 45.2 Å². The van der Waals surface area contributed by atoms with Gasteiger partial charge in [0.05, 0.1) is 11.9 Å². The van der Waals surface area contributed by atoms with Crippen LogP contribution in [0.15, 0.2) is 66.9 Å². The van der Waals surface area contributed by atoms with Gasteiger partial charge >= 0.3 is 0 Å². The largest absolute Gasteiger partial charge is 0.343 e. The summed E-state index contributed by atoms with van der Waals surface area (Å²) in [5.41, 5.74) is 3.94. The Morgan fingerprint density at radius 1 is 1.04 bits per heavy atom. The van der Waals surface area contributed by atoms with Gasteiger partial charge in [0.2, 0.25) is 0 Å². The van der Waals surface area contributed by atoms with E-state index in [9.17, 15) is 4.79 Å². The Bertz CT molecular complexity index is 879. The molecule has 25 heavy (non-hydrogen) atoms. The van der Waals surface area contributed by atoms with Crippen LogP contribution in [0.5, 0.6) is 0 Å². The maximum atomic E-state index is 12.4. The Morgan fingerprint density at radius 3 is 2.48 bits per heavy atom. The standard InChI is InChI=1S/C20H18ClN3O/c1-14-8-9-15(21)12-19(14)23-20(25)18-11-10-17(13-22-18)24(2)16-6-4-3-5-7-16/h3-13H,1-2H3,(H,23,25). The Balaban J connectivity index is 1.76. The first kappa shape index (κ1) is 17.0. The number of benzene rings is 2. The number of aromatic nitrogens is 1. The second-order valence-electron chi connectivity index (χ2n) is 5.71. The number of hydrogen-bond donors (Lipinski definition) is 1. The van der Waals surface area contributed by atoms with Crippen LogP contribution in [0.3, 0.4) is 0 Å². The Morgan fingerprint density at radius 2 is 1.80 bits per heavy atom. The molecule has 0 fully saturated rings. The molecule has 1 heterocycles.